The van der Waals surface area contributed by atoms with E-state index < -0.39 is 0 Å². The van der Waals surface area contributed by atoms with Crippen LogP contribution < -0.4 is 0 Å². The third-order valence-corrected chi connectivity index (χ3v) is 2.33. The van der Waals surface area contributed by atoms with Crippen LogP contribution in [-0.4, -0.2) is 36.2 Å². The predicted molar refractivity (Wildman–Crippen MR) is 64.1 cm³/mol. The summed E-state index contributed by atoms with van der Waals surface area (Å²) in [5, 5.41) is 38.2. The number of hydrogen-bond acceptors (Lipinski definition) is 6. The van der Waals surface area contributed by atoms with Gasteiger partial charge < -0.3 is 0 Å². The molecule has 0 rings (SSSR count). The molecule has 0 radical (unpaired) electrons. The average molecular weight is 244 g/mol. The minimum absolute atomic E-state index is 0.362. The van der Waals surface area contributed by atoms with Gasteiger partial charge in [-0.25, -0.2) is 10.0 Å². The fraction of sp³-hybridized carbons (Fsp3) is 0.667. The van der Waals surface area contributed by atoms with Crippen LogP contribution in [0.4, 0.5) is 0 Å². The molecule has 0 N–H and O–H groups in total. The van der Waals surface area contributed by atoms with Gasteiger partial charge in [0.05, 0.1) is 24.3 Å². The highest BCUT2D eigenvalue weighted by atomic mass is 15.6. The Morgan fingerprint density at radius 3 is 0.889 bits per heavy atom. The number of hydrogen-bond donors (Lipinski definition) is 0. The van der Waals surface area contributed by atoms with E-state index in [2.05, 4.69) is 24.3 Å². The Morgan fingerprint density at radius 1 is 0.500 bits per heavy atom. The van der Waals surface area contributed by atoms with E-state index in [1.54, 1.807) is 0 Å². The van der Waals surface area contributed by atoms with Crippen molar-refractivity contribution in [3.63, 3.8) is 0 Å². The molecule has 0 aromatic heterocycles. The number of hydrazine groups is 1. The summed E-state index contributed by atoms with van der Waals surface area (Å²) in [4.78, 5) is 0. The molecule has 0 aliphatic carbocycles. The van der Waals surface area contributed by atoms with Gasteiger partial charge in [-0.1, -0.05) is 0 Å². The second-order valence-electron chi connectivity index (χ2n) is 3.54. The lowest BCUT2D eigenvalue weighted by molar-refractivity contribution is -0.0186. The molecule has 0 spiro atoms. The van der Waals surface area contributed by atoms with Gasteiger partial charge in [0, 0.05) is 51.9 Å². The number of nitriles is 4. The van der Waals surface area contributed by atoms with E-state index in [9.17, 15) is 0 Å². The van der Waals surface area contributed by atoms with Crippen molar-refractivity contribution < 1.29 is 0 Å². The maximum absolute atomic E-state index is 8.61. The van der Waals surface area contributed by atoms with E-state index in [4.69, 9.17) is 21.0 Å². The van der Waals surface area contributed by atoms with Crippen LogP contribution >= 0.6 is 0 Å². The molecule has 0 saturated carbocycles. The van der Waals surface area contributed by atoms with E-state index in [1.807, 2.05) is 10.0 Å². The van der Waals surface area contributed by atoms with Gasteiger partial charge in [-0.05, 0) is 0 Å². The zero-order chi connectivity index (χ0) is 13.6. The lowest BCUT2D eigenvalue weighted by atomic mass is 10.3. The molecular formula is C12H16N6. The van der Waals surface area contributed by atoms with E-state index in [1.165, 1.54) is 0 Å². The minimum atomic E-state index is 0.362. The number of nitrogens with zero attached hydrogens (tertiary/aromatic N) is 6. The Hall–Kier alpha value is -2.12. The smallest absolute Gasteiger partial charge is 0.0635 e. The van der Waals surface area contributed by atoms with Gasteiger partial charge in [-0.15, -0.1) is 0 Å². The topological polar surface area (TPSA) is 102 Å². The molecule has 0 fully saturated rings. The summed E-state index contributed by atoms with van der Waals surface area (Å²) in [6, 6.07) is 8.24. The van der Waals surface area contributed by atoms with Crippen molar-refractivity contribution in [2.45, 2.75) is 25.7 Å². The van der Waals surface area contributed by atoms with Crippen LogP contribution in [0.3, 0.4) is 0 Å². The van der Waals surface area contributed by atoms with Crippen molar-refractivity contribution in [2.24, 2.45) is 0 Å². The maximum Gasteiger partial charge on any atom is 0.0635 e. The summed E-state index contributed by atoms with van der Waals surface area (Å²) in [6.45, 7) is 2.09. The third-order valence-electron chi connectivity index (χ3n) is 2.33. The molecule has 0 aromatic rings. The SMILES string of the molecule is N#CCCN(CCC#N)N(CCC#N)CCC#N. The maximum atomic E-state index is 8.61. The van der Waals surface area contributed by atoms with Crippen molar-refractivity contribution in [3.8, 4) is 24.3 Å². The lowest BCUT2D eigenvalue weighted by Gasteiger charge is -2.33. The molecule has 0 unspecified atom stereocenters. The van der Waals surface area contributed by atoms with Gasteiger partial charge in [-0.3, -0.25) is 0 Å². The molecule has 0 heterocycles. The first kappa shape index (κ1) is 15.9. The van der Waals surface area contributed by atoms with E-state index in [-0.39, 0.29) is 0 Å². The van der Waals surface area contributed by atoms with E-state index in [0.717, 1.165) is 0 Å². The van der Waals surface area contributed by atoms with Crippen molar-refractivity contribution >= 4 is 0 Å². The van der Waals surface area contributed by atoms with E-state index >= 15 is 0 Å². The standard InChI is InChI=1S/C12H16N6/c13-5-1-9-17(10-2-6-14)18(11-3-7-15)12-4-8-16/h1-4,9-12H2. The molecule has 18 heavy (non-hydrogen) atoms. The monoisotopic (exact) mass is 244 g/mol. The molecule has 6 nitrogen and oxygen atoms in total. The fourth-order valence-electron chi connectivity index (χ4n) is 1.51. The first-order valence-electron chi connectivity index (χ1n) is 5.77. The van der Waals surface area contributed by atoms with Crippen molar-refractivity contribution in [2.75, 3.05) is 26.2 Å². The quantitative estimate of drug-likeness (QED) is 0.564. The van der Waals surface area contributed by atoms with Crippen molar-refractivity contribution in [3.05, 3.63) is 0 Å². The molecule has 0 atom stereocenters. The average Bonchev–Trinajstić information content (AvgIpc) is 2.40. The Bertz CT molecular complexity index is 303. The third kappa shape index (κ3) is 7.20. The zero-order valence-corrected chi connectivity index (χ0v) is 10.3. The summed E-state index contributed by atoms with van der Waals surface area (Å²) < 4.78 is 0. The van der Waals surface area contributed by atoms with Crippen LogP contribution in [0.1, 0.15) is 25.7 Å². The highest BCUT2D eigenvalue weighted by Crippen LogP contribution is 2.04. The van der Waals surface area contributed by atoms with Crippen LogP contribution in [0.15, 0.2) is 0 Å². The second kappa shape index (κ2) is 11.4. The molecule has 0 aliphatic heterocycles. The molecule has 0 saturated heterocycles. The van der Waals surface area contributed by atoms with Gasteiger partial charge >= 0.3 is 0 Å². The normalized spacial score (nSPS) is 9.44. The van der Waals surface area contributed by atoms with Gasteiger partial charge in [0.2, 0.25) is 0 Å². The summed E-state index contributed by atoms with van der Waals surface area (Å²) in [6.07, 6.45) is 1.45. The minimum Gasteiger partial charge on any atom is -0.240 e. The first-order chi connectivity index (χ1) is 8.79. The highest BCUT2D eigenvalue weighted by Gasteiger charge is 2.14. The lowest BCUT2D eigenvalue weighted by Crippen LogP contribution is -2.44. The van der Waals surface area contributed by atoms with Crippen LogP contribution in [0.5, 0.6) is 0 Å². The predicted octanol–water partition coefficient (Wildman–Crippen LogP) is 1.16. The second-order valence-corrected chi connectivity index (χ2v) is 3.54. The first-order valence-corrected chi connectivity index (χ1v) is 5.77. The molecule has 0 bridgehead atoms. The highest BCUT2D eigenvalue weighted by molar-refractivity contribution is 4.79. The summed E-state index contributed by atoms with van der Waals surface area (Å²) >= 11 is 0. The number of rotatable bonds is 9. The zero-order valence-electron chi connectivity index (χ0n) is 10.3. The van der Waals surface area contributed by atoms with Gasteiger partial charge in [-0.2, -0.15) is 21.0 Å². The molecular weight excluding hydrogens is 228 g/mol. The van der Waals surface area contributed by atoms with Crippen molar-refractivity contribution in [1.82, 2.24) is 10.0 Å². The molecule has 6 heteroatoms. The Labute approximate surface area is 108 Å². The van der Waals surface area contributed by atoms with Crippen LogP contribution in [0.25, 0.3) is 0 Å². The van der Waals surface area contributed by atoms with Gasteiger partial charge in [0.25, 0.3) is 0 Å². The summed E-state index contributed by atoms with van der Waals surface area (Å²) in [7, 11) is 0. The van der Waals surface area contributed by atoms with Crippen LogP contribution in [-0.2, 0) is 0 Å². The molecule has 94 valence electrons. The van der Waals surface area contributed by atoms with Crippen LogP contribution in [0.2, 0.25) is 0 Å². The summed E-state index contributed by atoms with van der Waals surface area (Å²) in [5.41, 5.74) is 0. The van der Waals surface area contributed by atoms with Gasteiger partial charge in [0.1, 0.15) is 0 Å². The van der Waals surface area contributed by atoms with Crippen LogP contribution in [0, 0.1) is 45.3 Å². The van der Waals surface area contributed by atoms with Crippen molar-refractivity contribution in [1.29, 1.82) is 21.0 Å². The largest absolute Gasteiger partial charge is 0.240 e. The summed E-state index contributed by atoms with van der Waals surface area (Å²) in [5.74, 6) is 0. The molecule has 0 amide bonds. The Morgan fingerprint density at radius 2 is 0.722 bits per heavy atom. The Kier molecular flexibility index (Phi) is 10.0. The fourth-order valence-corrected chi connectivity index (χ4v) is 1.51. The molecule has 0 aromatic carbocycles. The molecule has 0 aliphatic rings. The Balaban J connectivity index is 4.50. The van der Waals surface area contributed by atoms with E-state index in [0.29, 0.717) is 51.9 Å². The van der Waals surface area contributed by atoms with Gasteiger partial charge in [0.15, 0.2) is 0 Å².